The molecule has 4 rings (SSSR count). The summed E-state index contributed by atoms with van der Waals surface area (Å²) in [6.45, 7) is 5.81. The molecule has 0 unspecified atom stereocenters. The van der Waals surface area contributed by atoms with E-state index < -0.39 is 17.7 Å². The predicted octanol–water partition coefficient (Wildman–Crippen LogP) is 1.92. The molecule has 148 valence electrons. The highest BCUT2D eigenvalue weighted by atomic mass is 16.5. The van der Waals surface area contributed by atoms with Gasteiger partial charge in [0.05, 0.1) is 6.10 Å². The fourth-order valence-corrected chi connectivity index (χ4v) is 7.73. The van der Waals surface area contributed by atoms with Crippen LogP contribution < -0.4 is 0 Å². The first-order valence-electron chi connectivity index (χ1n) is 10.2. The summed E-state index contributed by atoms with van der Waals surface area (Å²) in [5, 5.41) is 52.0. The van der Waals surface area contributed by atoms with Crippen LogP contribution in [0.2, 0.25) is 0 Å². The summed E-state index contributed by atoms with van der Waals surface area (Å²) in [7, 11) is 0. The van der Waals surface area contributed by atoms with Gasteiger partial charge in [-0.05, 0) is 80.1 Å². The van der Waals surface area contributed by atoms with E-state index in [2.05, 4.69) is 13.8 Å². The Balaban J connectivity index is 1.71. The highest BCUT2D eigenvalue weighted by Crippen LogP contribution is 2.67. The van der Waals surface area contributed by atoms with Gasteiger partial charge in [0.2, 0.25) is 0 Å². The van der Waals surface area contributed by atoms with E-state index in [1.165, 1.54) is 6.92 Å². The van der Waals surface area contributed by atoms with Crippen LogP contribution in [-0.2, 0) is 0 Å². The summed E-state index contributed by atoms with van der Waals surface area (Å²) >= 11 is 0. The molecular weight excluding hydrogens is 332 g/mol. The van der Waals surface area contributed by atoms with Gasteiger partial charge in [-0.25, -0.2) is 0 Å². The van der Waals surface area contributed by atoms with E-state index >= 15 is 0 Å². The fourth-order valence-electron chi connectivity index (χ4n) is 7.73. The van der Waals surface area contributed by atoms with Crippen LogP contribution in [0.3, 0.4) is 0 Å². The van der Waals surface area contributed by atoms with Crippen molar-refractivity contribution >= 4 is 0 Å². The van der Waals surface area contributed by atoms with Gasteiger partial charge in [-0.2, -0.15) is 0 Å². The first-order chi connectivity index (χ1) is 11.9. The molecule has 0 amide bonds. The average molecular weight is 366 g/mol. The first-order valence-corrected chi connectivity index (χ1v) is 10.2. The van der Waals surface area contributed by atoms with Crippen LogP contribution in [0.1, 0.15) is 65.7 Å². The van der Waals surface area contributed by atoms with Crippen LogP contribution in [0.25, 0.3) is 0 Å². The molecule has 7 atom stereocenters. The zero-order valence-corrected chi connectivity index (χ0v) is 16.1. The standard InChI is InChI=1S/C21H34O5/c1-18-8-9-21(25,26)10-12(18)4-5-13-14-6-7-16(20(3,23)24)19(14,2)11-15(22)17(13)18/h10,13-17,22-26H,4-9,11H2,1-3H3/t13-,14-,15-,16-,17+,18-,19-/m0/s1. The van der Waals surface area contributed by atoms with Gasteiger partial charge in [-0.15, -0.1) is 0 Å². The molecule has 0 radical (unpaired) electrons. The Morgan fingerprint density at radius 2 is 1.77 bits per heavy atom. The molecule has 4 aliphatic carbocycles. The summed E-state index contributed by atoms with van der Waals surface area (Å²) in [5.74, 6) is -2.80. The van der Waals surface area contributed by atoms with E-state index in [-0.39, 0.29) is 22.7 Å². The number of aliphatic hydroxyl groups excluding tert-OH is 1. The maximum Gasteiger partial charge on any atom is 0.182 e. The predicted molar refractivity (Wildman–Crippen MR) is 96.6 cm³/mol. The van der Waals surface area contributed by atoms with Crippen molar-refractivity contribution in [3.05, 3.63) is 11.6 Å². The lowest BCUT2D eigenvalue weighted by Gasteiger charge is -2.61. The van der Waals surface area contributed by atoms with Gasteiger partial charge in [-0.3, -0.25) is 0 Å². The monoisotopic (exact) mass is 366 g/mol. The van der Waals surface area contributed by atoms with Gasteiger partial charge in [0.1, 0.15) is 0 Å². The lowest BCUT2D eigenvalue weighted by Crippen LogP contribution is -2.58. The minimum Gasteiger partial charge on any atom is -0.393 e. The minimum absolute atomic E-state index is 0.110. The van der Waals surface area contributed by atoms with Crippen molar-refractivity contribution in [3.63, 3.8) is 0 Å². The number of rotatable bonds is 1. The number of hydrogen-bond donors (Lipinski definition) is 5. The summed E-state index contributed by atoms with van der Waals surface area (Å²) < 4.78 is 0. The van der Waals surface area contributed by atoms with E-state index in [1.807, 2.05) is 0 Å². The number of allylic oxidation sites excluding steroid dienone is 1. The van der Waals surface area contributed by atoms with Crippen LogP contribution in [-0.4, -0.2) is 43.2 Å². The third-order valence-electron chi connectivity index (χ3n) is 8.75. The highest BCUT2D eigenvalue weighted by molar-refractivity contribution is 5.27. The molecule has 5 heteroatoms. The van der Waals surface area contributed by atoms with Gasteiger partial charge in [0, 0.05) is 12.3 Å². The first kappa shape index (κ1) is 18.9. The van der Waals surface area contributed by atoms with E-state index in [4.69, 9.17) is 0 Å². The van der Waals surface area contributed by atoms with E-state index in [1.54, 1.807) is 6.08 Å². The van der Waals surface area contributed by atoms with Crippen LogP contribution in [0.4, 0.5) is 0 Å². The second-order valence-electron chi connectivity index (χ2n) is 10.3. The Kier molecular flexibility index (Phi) is 4.02. The molecular formula is C21H34O5. The summed E-state index contributed by atoms with van der Waals surface area (Å²) in [6.07, 6.45) is 6.23. The van der Waals surface area contributed by atoms with Gasteiger partial charge in [-0.1, -0.05) is 19.4 Å². The van der Waals surface area contributed by atoms with Crippen molar-refractivity contribution < 1.29 is 25.5 Å². The van der Waals surface area contributed by atoms with Gasteiger partial charge >= 0.3 is 0 Å². The molecule has 26 heavy (non-hydrogen) atoms. The molecule has 0 spiro atoms. The molecule has 4 aliphatic rings. The van der Waals surface area contributed by atoms with Crippen LogP contribution >= 0.6 is 0 Å². The van der Waals surface area contributed by atoms with Crippen LogP contribution in [0.15, 0.2) is 11.6 Å². The summed E-state index contributed by atoms with van der Waals surface area (Å²) in [6, 6.07) is 0. The Bertz CT molecular complexity index is 620. The van der Waals surface area contributed by atoms with Gasteiger partial charge < -0.3 is 25.5 Å². The largest absolute Gasteiger partial charge is 0.393 e. The second kappa shape index (κ2) is 5.54. The third-order valence-corrected chi connectivity index (χ3v) is 8.75. The zero-order chi connectivity index (χ0) is 19.1. The Morgan fingerprint density at radius 1 is 1.08 bits per heavy atom. The Labute approximate surface area is 155 Å². The summed E-state index contributed by atoms with van der Waals surface area (Å²) in [5.41, 5.74) is 0.627. The Morgan fingerprint density at radius 3 is 2.42 bits per heavy atom. The maximum atomic E-state index is 11.2. The molecule has 3 fully saturated rings. The van der Waals surface area contributed by atoms with E-state index in [0.717, 1.165) is 31.3 Å². The lowest BCUT2D eigenvalue weighted by molar-refractivity contribution is -0.229. The lowest BCUT2D eigenvalue weighted by atomic mass is 9.45. The van der Waals surface area contributed by atoms with Gasteiger partial charge in [0.15, 0.2) is 11.6 Å². The Hall–Kier alpha value is -0.460. The van der Waals surface area contributed by atoms with Crippen LogP contribution in [0.5, 0.6) is 0 Å². The fraction of sp³-hybridized carbons (Fsp3) is 0.905. The highest BCUT2D eigenvalue weighted by Gasteiger charge is 2.64. The molecule has 0 bridgehead atoms. The van der Waals surface area contributed by atoms with Gasteiger partial charge in [0.25, 0.3) is 0 Å². The zero-order valence-electron chi connectivity index (χ0n) is 16.1. The molecule has 0 aromatic heterocycles. The smallest absolute Gasteiger partial charge is 0.182 e. The molecule has 0 heterocycles. The molecule has 5 nitrogen and oxygen atoms in total. The van der Waals surface area contributed by atoms with Crippen molar-refractivity contribution in [1.29, 1.82) is 0 Å². The third kappa shape index (κ3) is 2.55. The normalized spacial score (nSPS) is 50.5. The summed E-state index contributed by atoms with van der Waals surface area (Å²) in [4.78, 5) is 0. The number of fused-ring (bicyclic) bond motifs is 5. The molecule has 5 N–H and O–H groups in total. The number of aliphatic hydroxyl groups is 5. The minimum atomic E-state index is -1.72. The molecule has 0 saturated heterocycles. The van der Waals surface area contributed by atoms with Crippen molar-refractivity contribution in [2.45, 2.75) is 83.4 Å². The topological polar surface area (TPSA) is 101 Å². The quantitative estimate of drug-likeness (QED) is 0.360. The molecule has 0 aromatic carbocycles. The van der Waals surface area contributed by atoms with E-state index in [0.29, 0.717) is 31.1 Å². The van der Waals surface area contributed by atoms with Crippen LogP contribution in [0, 0.1) is 34.5 Å². The molecule has 3 saturated carbocycles. The molecule has 0 aromatic rings. The average Bonchev–Trinajstić information content (AvgIpc) is 2.84. The van der Waals surface area contributed by atoms with Crippen molar-refractivity contribution in [3.8, 4) is 0 Å². The SMILES string of the molecule is CC(O)(O)[C@H]1CC[C@H]2[C@@H]3CCC4=CC(O)(O)CC[C@]4(C)[C@H]3[C@@H](O)C[C@]12C. The van der Waals surface area contributed by atoms with Crippen molar-refractivity contribution in [1.82, 2.24) is 0 Å². The second-order valence-corrected chi connectivity index (χ2v) is 10.3. The number of hydrogen-bond acceptors (Lipinski definition) is 5. The van der Waals surface area contributed by atoms with Crippen molar-refractivity contribution in [2.75, 3.05) is 0 Å². The maximum absolute atomic E-state index is 11.2. The molecule has 0 aliphatic heterocycles. The van der Waals surface area contributed by atoms with E-state index in [9.17, 15) is 25.5 Å². The van der Waals surface area contributed by atoms with Crippen molar-refractivity contribution in [2.24, 2.45) is 34.5 Å².